The number of hydrogen-bond donors (Lipinski definition) is 1. The zero-order chi connectivity index (χ0) is 14.9. The smallest absolute Gasteiger partial charge is 0.236 e. The van der Waals surface area contributed by atoms with Gasteiger partial charge < -0.3 is 5.32 Å². The molecule has 0 radical (unpaired) electrons. The number of nitrogens with one attached hydrogen (secondary N) is 1. The number of hydrogen-bond acceptors (Lipinski definition) is 3. The highest BCUT2D eigenvalue weighted by molar-refractivity contribution is 6.00. The summed E-state index contributed by atoms with van der Waals surface area (Å²) in [6, 6.07) is 11.9. The number of nitrogens with zero attached hydrogens (tertiary/aromatic N) is 3. The SMILES string of the molecule is Cn1ncc(C#N)c1NC(=O)C1(c2ccccc2)CCC1. The lowest BCUT2D eigenvalue weighted by Gasteiger charge is -2.40. The molecule has 5 heteroatoms. The molecule has 1 amide bonds. The molecule has 2 aromatic rings. The Morgan fingerprint density at radius 2 is 2.10 bits per heavy atom. The number of aromatic nitrogens is 2. The van der Waals surface area contributed by atoms with Gasteiger partial charge >= 0.3 is 0 Å². The maximum atomic E-state index is 12.8. The molecule has 0 saturated heterocycles. The molecule has 1 aliphatic rings. The molecule has 106 valence electrons. The number of benzene rings is 1. The number of aryl methyl sites for hydroxylation is 1. The monoisotopic (exact) mass is 280 g/mol. The van der Waals surface area contributed by atoms with Crippen LogP contribution in [0.2, 0.25) is 0 Å². The summed E-state index contributed by atoms with van der Waals surface area (Å²) >= 11 is 0. The molecule has 1 aliphatic carbocycles. The van der Waals surface area contributed by atoms with Crippen LogP contribution in [0.3, 0.4) is 0 Å². The van der Waals surface area contributed by atoms with E-state index in [0.29, 0.717) is 11.4 Å². The third kappa shape index (κ3) is 2.09. The van der Waals surface area contributed by atoms with Gasteiger partial charge in [-0.15, -0.1) is 0 Å². The number of carbonyl (C=O) groups excluding carboxylic acids is 1. The lowest BCUT2D eigenvalue weighted by molar-refractivity contribution is -0.124. The van der Waals surface area contributed by atoms with Crippen molar-refractivity contribution in [2.24, 2.45) is 7.05 Å². The van der Waals surface area contributed by atoms with Crippen molar-refractivity contribution in [3.8, 4) is 6.07 Å². The summed E-state index contributed by atoms with van der Waals surface area (Å²) < 4.78 is 1.52. The second-order valence-electron chi connectivity index (χ2n) is 5.40. The molecule has 1 aromatic heterocycles. The largest absolute Gasteiger partial charge is 0.309 e. The Morgan fingerprint density at radius 1 is 1.38 bits per heavy atom. The average Bonchev–Trinajstić information content (AvgIpc) is 2.80. The molecule has 1 aromatic carbocycles. The predicted molar refractivity (Wildman–Crippen MR) is 78.5 cm³/mol. The minimum Gasteiger partial charge on any atom is -0.309 e. The van der Waals surface area contributed by atoms with Crippen molar-refractivity contribution >= 4 is 11.7 Å². The summed E-state index contributed by atoms with van der Waals surface area (Å²) in [7, 11) is 1.71. The highest BCUT2D eigenvalue weighted by Crippen LogP contribution is 2.44. The Bertz CT molecular complexity index is 708. The van der Waals surface area contributed by atoms with Crippen molar-refractivity contribution in [3.05, 3.63) is 47.7 Å². The molecule has 5 nitrogen and oxygen atoms in total. The molecule has 21 heavy (non-hydrogen) atoms. The zero-order valence-corrected chi connectivity index (χ0v) is 11.8. The lowest BCUT2D eigenvalue weighted by Crippen LogP contribution is -2.46. The van der Waals surface area contributed by atoms with E-state index < -0.39 is 5.41 Å². The van der Waals surface area contributed by atoms with Crippen LogP contribution in [0.25, 0.3) is 0 Å². The van der Waals surface area contributed by atoms with Gasteiger partial charge in [-0.2, -0.15) is 10.4 Å². The molecule has 1 heterocycles. The van der Waals surface area contributed by atoms with Gasteiger partial charge in [-0.3, -0.25) is 9.48 Å². The quantitative estimate of drug-likeness (QED) is 0.938. The van der Waals surface area contributed by atoms with Crippen LogP contribution in [-0.4, -0.2) is 15.7 Å². The van der Waals surface area contributed by atoms with Crippen molar-refractivity contribution in [3.63, 3.8) is 0 Å². The zero-order valence-electron chi connectivity index (χ0n) is 11.8. The Balaban J connectivity index is 1.91. The summed E-state index contributed by atoms with van der Waals surface area (Å²) in [5.41, 5.74) is 0.945. The molecule has 1 N–H and O–H groups in total. The first kappa shape index (κ1) is 13.4. The Hall–Kier alpha value is -2.61. The van der Waals surface area contributed by atoms with E-state index in [2.05, 4.69) is 16.5 Å². The van der Waals surface area contributed by atoms with Gasteiger partial charge in [0.25, 0.3) is 0 Å². The summed E-state index contributed by atoms with van der Waals surface area (Å²) in [6.07, 6.45) is 4.18. The van der Waals surface area contributed by atoms with E-state index in [1.165, 1.54) is 10.9 Å². The topological polar surface area (TPSA) is 70.7 Å². The van der Waals surface area contributed by atoms with E-state index in [1.807, 2.05) is 30.3 Å². The van der Waals surface area contributed by atoms with Crippen LogP contribution in [0.4, 0.5) is 5.82 Å². The normalized spacial score (nSPS) is 15.8. The van der Waals surface area contributed by atoms with E-state index in [-0.39, 0.29) is 5.91 Å². The van der Waals surface area contributed by atoms with Crippen molar-refractivity contribution in [2.75, 3.05) is 5.32 Å². The fourth-order valence-corrected chi connectivity index (χ4v) is 2.83. The standard InChI is InChI=1S/C16H16N4O/c1-20-14(12(10-17)11-18-20)19-15(21)16(8-5-9-16)13-6-3-2-4-7-13/h2-4,6-7,11H,5,8-9H2,1H3,(H,19,21). The molecule has 0 aliphatic heterocycles. The van der Waals surface area contributed by atoms with E-state index in [4.69, 9.17) is 5.26 Å². The minimum atomic E-state index is -0.474. The maximum absolute atomic E-state index is 12.8. The van der Waals surface area contributed by atoms with Crippen LogP contribution < -0.4 is 5.32 Å². The number of nitriles is 1. The first-order valence-electron chi connectivity index (χ1n) is 6.96. The van der Waals surface area contributed by atoms with Gasteiger partial charge in [-0.05, 0) is 18.4 Å². The first-order valence-corrected chi connectivity index (χ1v) is 6.96. The summed E-state index contributed by atoms with van der Waals surface area (Å²) in [5, 5.41) is 16.0. The molecule has 0 unspecified atom stereocenters. The van der Waals surface area contributed by atoms with Gasteiger partial charge in [0.2, 0.25) is 5.91 Å². The molecular formula is C16H16N4O. The maximum Gasteiger partial charge on any atom is 0.236 e. The van der Waals surface area contributed by atoms with E-state index >= 15 is 0 Å². The van der Waals surface area contributed by atoms with Gasteiger partial charge in [0.05, 0.1) is 11.6 Å². The van der Waals surface area contributed by atoms with Crippen LogP contribution in [0.5, 0.6) is 0 Å². The van der Waals surface area contributed by atoms with Crippen LogP contribution >= 0.6 is 0 Å². The number of amides is 1. The third-order valence-corrected chi connectivity index (χ3v) is 4.26. The number of rotatable bonds is 3. The minimum absolute atomic E-state index is 0.0555. The highest BCUT2D eigenvalue weighted by atomic mass is 16.2. The van der Waals surface area contributed by atoms with E-state index in [0.717, 1.165) is 24.8 Å². The van der Waals surface area contributed by atoms with Crippen molar-refractivity contribution in [1.29, 1.82) is 5.26 Å². The lowest BCUT2D eigenvalue weighted by atomic mass is 9.64. The fraction of sp³-hybridized carbons (Fsp3) is 0.312. The van der Waals surface area contributed by atoms with Crippen LogP contribution in [0.15, 0.2) is 36.5 Å². The van der Waals surface area contributed by atoms with Gasteiger partial charge in [0.15, 0.2) is 0 Å². The molecule has 1 saturated carbocycles. The van der Waals surface area contributed by atoms with E-state index in [9.17, 15) is 4.79 Å². The van der Waals surface area contributed by atoms with E-state index in [1.54, 1.807) is 7.05 Å². The number of anilines is 1. The molecule has 3 rings (SSSR count). The molecule has 0 bridgehead atoms. The number of carbonyl (C=O) groups is 1. The van der Waals surface area contributed by atoms with Crippen molar-refractivity contribution in [1.82, 2.24) is 9.78 Å². The van der Waals surface area contributed by atoms with Crippen LogP contribution in [0, 0.1) is 11.3 Å². The second-order valence-corrected chi connectivity index (χ2v) is 5.40. The average molecular weight is 280 g/mol. The molecule has 0 atom stereocenters. The fourth-order valence-electron chi connectivity index (χ4n) is 2.83. The predicted octanol–water partition coefficient (Wildman–Crippen LogP) is 2.35. The Morgan fingerprint density at radius 3 is 2.67 bits per heavy atom. The Labute approximate surface area is 123 Å². The molecule has 0 spiro atoms. The molecule has 1 fully saturated rings. The van der Waals surface area contributed by atoms with Crippen molar-refractivity contribution in [2.45, 2.75) is 24.7 Å². The van der Waals surface area contributed by atoms with Crippen LogP contribution in [0.1, 0.15) is 30.4 Å². The Kier molecular flexibility index (Phi) is 3.22. The highest BCUT2D eigenvalue weighted by Gasteiger charge is 2.45. The summed E-state index contributed by atoms with van der Waals surface area (Å²) in [5.74, 6) is 0.407. The third-order valence-electron chi connectivity index (χ3n) is 4.26. The van der Waals surface area contributed by atoms with Crippen LogP contribution in [-0.2, 0) is 17.3 Å². The van der Waals surface area contributed by atoms with Gasteiger partial charge in [0.1, 0.15) is 17.5 Å². The van der Waals surface area contributed by atoms with Gasteiger partial charge in [-0.1, -0.05) is 36.8 Å². The summed E-state index contributed by atoms with van der Waals surface area (Å²) in [4.78, 5) is 12.8. The molecular weight excluding hydrogens is 264 g/mol. The first-order chi connectivity index (χ1) is 10.2. The summed E-state index contributed by atoms with van der Waals surface area (Å²) in [6.45, 7) is 0. The van der Waals surface area contributed by atoms with Gasteiger partial charge in [0, 0.05) is 7.05 Å². The van der Waals surface area contributed by atoms with Gasteiger partial charge in [-0.25, -0.2) is 0 Å². The second kappa shape index (κ2) is 5.06. The van der Waals surface area contributed by atoms with Crippen molar-refractivity contribution < 1.29 is 4.79 Å².